The second kappa shape index (κ2) is 12.8. The molecular formula is C19H29IN4O2S. The predicted octanol–water partition coefficient (Wildman–Crippen LogP) is 3.77. The molecule has 2 aromatic rings. The molecule has 27 heavy (non-hydrogen) atoms. The first-order valence-corrected chi connectivity index (χ1v) is 9.71. The first-order valence-electron chi connectivity index (χ1n) is 8.89. The van der Waals surface area contributed by atoms with Crippen LogP contribution < -0.4 is 20.1 Å². The van der Waals surface area contributed by atoms with E-state index in [9.17, 15) is 0 Å². The van der Waals surface area contributed by atoms with Gasteiger partial charge in [-0.05, 0) is 38.5 Å². The third kappa shape index (κ3) is 7.92. The highest BCUT2D eigenvalue weighted by Gasteiger charge is 2.06. The summed E-state index contributed by atoms with van der Waals surface area (Å²) in [5.41, 5.74) is 1.07. The Bertz CT molecular complexity index is 721. The summed E-state index contributed by atoms with van der Waals surface area (Å²) in [6, 6.07) is 5.90. The van der Waals surface area contributed by atoms with Crippen LogP contribution in [0.2, 0.25) is 0 Å². The van der Waals surface area contributed by atoms with Crippen molar-refractivity contribution in [1.29, 1.82) is 0 Å². The molecule has 1 aromatic heterocycles. The molecule has 0 aliphatic rings. The topological polar surface area (TPSA) is 67.8 Å². The number of guanidine groups is 1. The summed E-state index contributed by atoms with van der Waals surface area (Å²) in [6.45, 7) is 8.87. The van der Waals surface area contributed by atoms with E-state index < -0.39 is 0 Å². The zero-order chi connectivity index (χ0) is 18.8. The first-order chi connectivity index (χ1) is 12.7. The van der Waals surface area contributed by atoms with Gasteiger partial charge in [0.15, 0.2) is 17.5 Å². The minimum Gasteiger partial charge on any atom is -0.493 e. The lowest BCUT2D eigenvalue weighted by Crippen LogP contribution is -2.38. The molecule has 0 atom stereocenters. The van der Waals surface area contributed by atoms with Gasteiger partial charge in [-0.1, -0.05) is 6.07 Å². The minimum atomic E-state index is 0. The molecule has 1 aromatic carbocycles. The Morgan fingerprint density at radius 3 is 2.67 bits per heavy atom. The molecule has 0 saturated carbocycles. The van der Waals surface area contributed by atoms with Crippen LogP contribution in [0.5, 0.6) is 11.5 Å². The third-order valence-electron chi connectivity index (χ3n) is 3.59. The maximum atomic E-state index is 5.63. The van der Waals surface area contributed by atoms with Crippen molar-refractivity contribution in [2.45, 2.75) is 33.7 Å². The van der Waals surface area contributed by atoms with Gasteiger partial charge in [-0.2, -0.15) is 0 Å². The number of ether oxygens (including phenoxy) is 2. The van der Waals surface area contributed by atoms with Gasteiger partial charge in [-0.3, -0.25) is 0 Å². The molecule has 0 aliphatic carbocycles. The summed E-state index contributed by atoms with van der Waals surface area (Å²) in [7, 11) is 1.65. The molecule has 2 N–H and O–H groups in total. The van der Waals surface area contributed by atoms with Crippen molar-refractivity contribution in [3.8, 4) is 11.5 Å². The highest BCUT2D eigenvalue weighted by molar-refractivity contribution is 14.0. The highest BCUT2D eigenvalue weighted by Crippen LogP contribution is 2.28. The zero-order valence-corrected chi connectivity index (χ0v) is 19.5. The van der Waals surface area contributed by atoms with E-state index >= 15 is 0 Å². The van der Waals surface area contributed by atoms with Crippen molar-refractivity contribution in [3.05, 3.63) is 39.8 Å². The van der Waals surface area contributed by atoms with Gasteiger partial charge in [0.25, 0.3) is 0 Å². The number of hydrogen-bond acceptors (Lipinski definition) is 5. The molecule has 0 aliphatic heterocycles. The number of rotatable bonds is 9. The molecular weight excluding hydrogens is 475 g/mol. The second-order valence-electron chi connectivity index (χ2n) is 5.65. The van der Waals surface area contributed by atoms with E-state index in [0.717, 1.165) is 47.5 Å². The van der Waals surface area contributed by atoms with E-state index in [1.54, 1.807) is 18.4 Å². The summed E-state index contributed by atoms with van der Waals surface area (Å²) < 4.78 is 11.0. The molecule has 0 fully saturated rings. The molecule has 0 unspecified atom stereocenters. The molecule has 0 saturated heterocycles. The maximum absolute atomic E-state index is 5.63. The molecule has 0 bridgehead atoms. The fourth-order valence-corrected chi connectivity index (χ4v) is 3.19. The molecule has 8 heteroatoms. The molecule has 150 valence electrons. The first kappa shape index (κ1) is 23.5. The Morgan fingerprint density at radius 1 is 1.22 bits per heavy atom. The average Bonchev–Trinajstić information content (AvgIpc) is 3.05. The number of aromatic nitrogens is 1. The van der Waals surface area contributed by atoms with Crippen LogP contribution in [0, 0.1) is 6.92 Å². The van der Waals surface area contributed by atoms with Crippen molar-refractivity contribution in [3.63, 3.8) is 0 Å². The molecule has 6 nitrogen and oxygen atoms in total. The number of halogens is 1. The predicted molar refractivity (Wildman–Crippen MR) is 123 cm³/mol. The quantitative estimate of drug-likeness (QED) is 0.309. The number of aliphatic imine (C=N–C) groups is 1. The van der Waals surface area contributed by atoms with Crippen LogP contribution in [-0.2, 0) is 13.0 Å². The number of aryl methyl sites for hydroxylation is 1. The fraction of sp³-hybridized carbons (Fsp3) is 0.474. The monoisotopic (exact) mass is 504 g/mol. The van der Waals surface area contributed by atoms with Gasteiger partial charge >= 0.3 is 0 Å². The van der Waals surface area contributed by atoms with E-state index in [1.807, 2.05) is 31.3 Å². The van der Waals surface area contributed by atoms with Crippen molar-refractivity contribution in [2.24, 2.45) is 4.99 Å². The molecule has 0 amide bonds. The van der Waals surface area contributed by atoms with Crippen molar-refractivity contribution in [2.75, 3.05) is 26.8 Å². The van der Waals surface area contributed by atoms with Crippen LogP contribution in [0.1, 0.15) is 29.3 Å². The lowest BCUT2D eigenvalue weighted by Gasteiger charge is -2.12. The Hall–Kier alpha value is -1.55. The van der Waals surface area contributed by atoms with Crippen molar-refractivity contribution >= 4 is 41.3 Å². The van der Waals surface area contributed by atoms with E-state index in [1.165, 1.54) is 4.88 Å². The minimum absolute atomic E-state index is 0. The van der Waals surface area contributed by atoms with E-state index in [4.69, 9.17) is 9.47 Å². The van der Waals surface area contributed by atoms with Gasteiger partial charge in [0.2, 0.25) is 0 Å². The SMILES string of the molecule is CCNC(=NCc1ccc(OC)c(OCC)c1)NCCc1ncc(C)s1.I. The summed E-state index contributed by atoms with van der Waals surface area (Å²) in [4.78, 5) is 10.3. The Balaban J connectivity index is 0.00000364. The maximum Gasteiger partial charge on any atom is 0.191 e. The van der Waals surface area contributed by atoms with Gasteiger partial charge in [0.05, 0.1) is 25.3 Å². The van der Waals surface area contributed by atoms with E-state index in [0.29, 0.717) is 13.2 Å². The summed E-state index contributed by atoms with van der Waals surface area (Å²) in [6.07, 6.45) is 2.80. The standard InChI is InChI=1S/C19H28N4O2S.HI/c1-5-20-19(21-10-9-18-22-12-14(3)26-18)23-13-15-7-8-16(24-4)17(11-15)25-6-2;/h7-8,11-12H,5-6,9-10,13H2,1-4H3,(H2,20,21,23);1H. The van der Waals surface area contributed by atoms with Crippen LogP contribution in [0.25, 0.3) is 0 Å². The largest absolute Gasteiger partial charge is 0.493 e. The zero-order valence-electron chi connectivity index (χ0n) is 16.4. The number of nitrogens with zero attached hydrogens (tertiary/aromatic N) is 2. The van der Waals surface area contributed by atoms with Gasteiger partial charge in [0, 0.05) is 30.6 Å². The number of nitrogens with one attached hydrogen (secondary N) is 2. The number of thiazole rings is 1. The van der Waals surface area contributed by atoms with Crippen LogP contribution in [0.3, 0.4) is 0 Å². The van der Waals surface area contributed by atoms with E-state index in [-0.39, 0.29) is 24.0 Å². The normalized spacial score (nSPS) is 10.9. The van der Waals surface area contributed by atoms with Crippen molar-refractivity contribution in [1.82, 2.24) is 15.6 Å². The fourth-order valence-electron chi connectivity index (χ4n) is 2.40. The lowest BCUT2D eigenvalue weighted by atomic mass is 10.2. The number of benzene rings is 1. The molecule has 2 rings (SSSR count). The Kier molecular flexibility index (Phi) is 11.1. The smallest absolute Gasteiger partial charge is 0.191 e. The lowest BCUT2D eigenvalue weighted by molar-refractivity contribution is 0.310. The van der Waals surface area contributed by atoms with Gasteiger partial charge < -0.3 is 20.1 Å². The molecule has 0 radical (unpaired) electrons. The van der Waals surface area contributed by atoms with Crippen LogP contribution >= 0.6 is 35.3 Å². The third-order valence-corrected chi connectivity index (χ3v) is 4.56. The summed E-state index contributed by atoms with van der Waals surface area (Å²) in [5.74, 6) is 2.29. The van der Waals surface area contributed by atoms with Gasteiger partial charge in [0.1, 0.15) is 0 Å². The highest BCUT2D eigenvalue weighted by atomic mass is 127. The van der Waals surface area contributed by atoms with Gasteiger partial charge in [-0.15, -0.1) is 35.3 Å². The molecule has 1 heterocycles. The molecule has 0 spiro atoms. The average molecular weight is 504 g/mol. The summed E-state index contributed by atoms with van der Waals surface area (Å²) in [5, 5.41) is 7.77. The summed E-state index contributed by atoms with van der Waals surface area (Å²) >= 11 is 1.74. The van der Waals surface area contributed by atoms with Crippen LogP contribution in [-0.4, -0.2) is 37.7 Å². The Morgan fingerprint density at radius 2 is 2.04 bits per heavy atom. The Labute approximate surface area is 182 Å². The number of methoxy groups -OCH3 is 1. The number of hydrogen-bond donors (Lipinski definition) is 2. The van der Waals surface area contributed by atoms with Crippen LogP contribution in [0.4, 0.5) is 0 Å². The second-order valence-corrected chi connectivity index (χ2v) is 6.97. The van der Waals surface area contributed by atoms with Crippen molar-refractivity contribution < 1.29 is 9.47 Å². The van der Waals surface area contributed by atoms with E-state index in [2.05, 4.69) is 34.5 Å². The van der Waals surface area contributed by atoms with Gasteiger partial charge in [-0.25, -0.2) is 9.98 Å². The van der Waals surface area contributed by atoms with Crippen LogP contribution in [0.15, 0.2) is 29.4 Å².